The molecule has 0 fully saturated rings. The Kier molecular flexibility index (Phi) is 7.61. The summed E-state index contributed by atoms with van der Waals surface area (Å²) in [6.07, 6.45) is 0.998. The van der Waals surface area contributed by atoms with E-state index in [2.05, 4.69) is 24.5 Å². The van der Waals surface area contributed by atoms with Gasteiger partial charge in [0.15, 0.2) is 0 Å². The molecule has 0 atom stereocenters. The zero-order chi connectivity index (χ0) is 15.7. The smallest absolute Gasteiger partial charge is 0.233 e. The Morgan fingerprint density at radius 2 is 2.00 bits per heavy atom. The summed E-state index contributed by atoms with van der Waals surface area (Å²) in [5.74, 6) is 2.12. The van der Waals surface area contributed by atoms with E-state index in [1.165, 1.54) is 0 Å². The van der Waals surface area contributed by atoms with Crippen molar-refractivity contribution in [1.29, 1.82) is 0 Å². The predicted octanol–water partition coefficient (Wildman–Crippen LogP) is 1.96. The number of hydrogen-bond donors (Lipinski definition) is 2. The van der Waals surface area contributed by atoms with Crippen molar-refractivity contribution in [1.82, 2.24) is 10.6 Å². The van der Waals surface area contributed by atoms with Crippen LogP contribution in [0.25, 0.3) is 0 Å². The van der Waals surface area contributed by atoms with Crippen LogP contribution in [-0.4, -0.2) is 33.2 Å². The Bertz CT molecular complexity index is 447. The van der Waals surface area contributed by atoms with Gasteiger partial charge in [-0.15, -0.1) is 0 Å². The summed E-state index contributed by atoms with van der Waals surface area (Å²) in [5, 5.41) is 6.01. The highest BCUT2D eigenvalue weighted by molar-refractivity contribution is 5.77. The van der Waals surface area contributed by atoms with Gasteiger partial charge in [0.1, 0.15) is 11.5 Å². The summed E-state index contributed by atoms with van der Waals surface area (Å²) < 4.78 is 10.5. The van der Waals surface area contributed by atoms with E-state index in [0.717, 1.165) is 30.0 Å². The van der Waals surface area contributed by atoms with Gasteiger partial charge < -0.3 is 20.1 Å². The number of nitrogens with one attached hydrogen (secondary N) is 2. The van der Waals surface area contributed by atoms with Crippen LogP contribution in [0.15, 0.2) is 18.2 Å². The molecule has 0 radical (unpaired) electrons. The second-order valence-corrected chi connectivity index (χ2v) is 5.31. The van der Waals surface area contributed by atoms with Crippen molar-refractivity contribution in [3.63, 3.8) is 0 Å². The molecule has 1 rings (SSSR count). The van der Waals surface area contributed by atoms with Crippen LogP contribution >= 0.6 is 0 Å². The van der Waals surface area contributed by atoms with E-state index in [4.69, 9.17) is 9.47 Å². The molecule has 2 N–H and O–H groups in total. The Hall–Kier alpha value is -1.75. The molecule has 0 saturated carbocycles. The van der Waals surface area contributed by atoms with Crippen molar-refractivity contribution in [3.05, 3.63) is 23.8 Å². The summed E-state index contributed by atoms with van der Waals surface area (Å²) in [5.41, 5.74) is 0.994. The van der Waals surface area contributed by atoms with Crippen LogP contribution in [0.3, 0.4) is 0 Å². The molecule has 0 heterocycles. The maximum Gasteiger partial charge on any atom is 0.233 e. The largest absolute Gasteiger partial charge is 0.497 e. The van der Waals surface area contributed by atoms with Gasteiger partial charge in [-0.2, -0.15) is 0 Å². The topological polar surface area (TPSA) is 59.6 Å². The monoisotopic (exact) mass is 294 g/mol. The first-order chi connectivity index (χ1) is 10.1. The van der Waals surface area contributed by atoms with E-state index in [9.17, 15) is 4.79 Å². The van der Waals surface area contributed by atoms with Crippen molar-refractivity contribution in [2.75, 3.05) is 27.3 Å². The van der Waals surface area contributed by atoms with Gasteiger partial charge in [0.2, 0.25) is 5.91 Å². The third-order valence-electron chi connectivity index (χ3n) is 3.14. The number of carbonyl (C=O) groups excluding carboxylic acids is 1. The first kappa shape index (κ1) is 17.3. The molecule has 1 aromatic rings. The molecule has 0 unspecified atom stereocenters. The van der Waals surface area contributed by atoms with E-state index < -0.39 is 0 Å². The summed E-state index contributed by atoms with van der Waals surface area (Å²) in [4.78, 5) is 11.6. The summed E-state index contributed by atoms with van der Waals surface area (Å²) in [7, 11) is 3.24. The molecule has 0 spiro atoms. The first-order valence-corrected chi connectivity index (χ1v) is 7.25. The standard InChI is InChI=1S/C16H26N2O3/c1-12(2)7-8-18-16(19)11-17-10-13-5-6-14(20-3)9-15(13)21-4/h5-6,9,12,17H,7-8,10-11H2,1-4H3,(H,18,19). The maximum absolute atomic E-state index is 11.6. The van der Waals surface area contributed by atoms with Crippen LogP contribution in [0.5, 0.6) is 11.5 Å². The number of carbonyl (C=O) groups is 1. The highest BCUT2D eigenvalue weighted by atomic mass is 16.5. The van der Waals surface area contributed by atoms with E-state index in [-0.39, 0.29) is 5.91 Å². The van der Waals surface area contributed by atoms with E-state index in [0.29, 0.717) is 19.0 Å². The normalized spacial score (nSPS) is 10.5. The minimum absolute atomic E-state index is 0.0168. The average Bonchev–Trinajstić information content (AvgIpc) is 2.47. The Morgan fingerprint density at radius 3 is 2.62 bits per heavy atom. The van der Waals surface area contributed by atoms with Gasteiger partial charge in [-0.25, -0.2) is 0 Å². The zero-order valence-corrected chi connectivity index (χ0v) is 13.4. The zero-order valence-electron chi connectivity index (χ0n) is 13.4. The summed E-state index contributed by atoms with van der Waals surface area (Å²) in [6, 6.07) is 5.64. The van der Waals surface area contributed by atoms with Crippen LogP contribution < -0.4 is 20.1 Å². The molecule has 0 saturated heterocycles. The molecule has 5 nitrogen and oxygen atoms in total. The predicted molar refractivity (Wildman–Crippen MR) is 83.7 cm³/mol. The van der Waals surface area contributed by atoms with Crippen molar-refractivity contribution in [2.45, 2.75) is 26.8 Å². The van der Waals surface area contributed by atoms with Gasteiger partial charge in [0.25, 0.3) is 0 Å². The molecule has 1 amide bonds. The van der Waals surface area contributed by atoms with Crippen LogP contribution in [0.4, 0.5) is 0 Å². The van der Waals surface area contributed by atoms with Gasteiger partial charge in [-0.05, 0) is 18.4 Å². The molecule has 0 aliphatic carbocycles. The number of hydrogen-bond acceptors (Lipinski definition) is 4. The van der Waals surface area contributed by atoms with Gasteiger partial charge in [-0.1, -0.05) is 19.9 Å². The number of amides is 1. The Labute approximate surface area is 127 Å². The van der Waals surface area contributed by atoms with Crippen molar-refractivity contribution < 1.29 is 14.3 Å². The lowest BCUT2D eigenvalue weighted by Gasteiger charge is -2.11. The molecule has 0 bridgehead atoms. The van der Waals surface area contributed by atoms with Gasteiger partial charge in [0, 0.05) is 24.7 Å². The fourth-order valence-corrected chi connectivity index (χ4v) is 1.87. The molecule has 0 aliphatic heterocycles. The first-order valence-electron chi connectivity index (χ1n) is 7.25. The second kappa shape index (κ2) is 9.23. The Morgan fingerprint density at radius 1 is 1.24 bits per heavy atom. The SMILES string of the molecule is COc1ccc(CNCC(=O)NCCC(C)C)c(OC)c1. The van der Waals surface area contributed by atoms with Crippen molar-refractivity contribution in [2.24, 2.45) is 5.92 Å². The third kappa shape index (κ3) is 6.49. The highest BCUT2D eigenvalue weighted by Crippen LogP contribution is 2.24. The fourth-order valence-electron chi connectivity index (χ4n) is 1.87. The van der Waals surface area contributed by atoms with E-state index in [1.54, 1.807) is 14.2 Å². The lowest BCUT2D eigenvalue weighted by Crippen LogP contribution is -2.34. The minimum atomic E-state index is 0.0168. The average molecular weight is 294 g/mol. The van der Waals surface area contributed by atoms with Crippen LogP contribution in [0, 0.1) is 5.92 Å². The number of methoxy groups -OCH3 is 2. The van der Waals surface area contributed by atoms with Crippen molar-refractivity contribution >= 4 is 5.91 Å². The lowest BCUT2D eigenvalue weighted by molar-refractivity contribution is -0.120. The van der Waals surface area contributed by atoms with Gasteiger partial charge >= 0.3 is 0 Å². The lowest BCUT2D eigenvalue weighted by atomic mass is 10.1. The molecule has 21 heavy (non-hydrogen) atoms. The number of benzene rings is 1. The molecule has 5 heteroatoms. The Balaban J connectivity index is 2.36. The minimum Gasteiger partial charge on any atom is -0.497 e. The van der Waals surface area contributed by atoms with E-state index >= 15 is 0 Å². The molecular formula is C16H26N2O3. The summed E-state index contributed by atoms with van der Waals surface area (Å²) >= 11 is 0. The summed E-state index contributed by atoms with van der Waals surface area (Å²) in [6.45, 7) is 5.88. The highest BCUT2D eigenvalue weighted by Gasteiger charge is 2.06. The van der Waals surface area contributed by atoms with Gasteiger partial charge in [-0.3, -0.25) is 4.79 Å². The number of ether oxygens (including phenoxy) is 2. The number of rotatable bonds is 9. The third-order valence-corrected chi connectivity index (χ3v) is 3.14. The quantitative estimate of drug-likeness (QED) is 0.731. The fraction of sp³-hybridized carbons (Fsp3) is 0.562. The van der Waals surface area contributed by atoms with Crippen LogP contribution in [0.2, 0.25) is 0 Å². The molecule has 1 aromatic carbocycles. The molecule has 0 aliphatic rings. The van der Waals surface area contributed by atoms with Crippen molar-refractivity contribution in [3.8, 4) is 11.5 Å². The second-order valence-electron chi connectivity index (χ2n) is 5.31. The van der Waals surface area contributed by atoms with Gasteiger partial charge in [0.05, 0.1) is 20.8 Å². The molecular weight excluding hydrogens is 268 g/mol. The molecule has 0 aromatic heterocycles. The van der Waals surface area contributed by atoms with E-state index in [1.807, 2.05) is 18.2 Å². The van der Waals surface area contributed by atoms with Crippen LogP contribution in [0.1, 0.15) is 25.8 Å². The van der Waals surface area contributed by atoms with Crippen LogP contribution in [-0.2, 0) is 11.3 Å². The molecule has 118 valence electrons. The maximum atomic E-state index is 11.6.